The number of aromatic nitrogens is 2. The van der Waals surface area contributed by atoms with E-state index in [0.717, 1.165) is 16.3 Å². The summed E-state index contributed by atoms with van der Waals surface area (Å²) in [5.74, 6) is 5.55. The van der Waals surface area contributed by atoms with Crippen molar-refractivity contribution in [2.45, 2.75) is 12.5 Å². The molecular weight excluding hydrogens is 236 g/mol. The van der Waals surface area contributed by atoms with Crippen LogP contribution in [0.5, 0.6) is 0 Å². The Labute approximate surface area is 105 Å². The molecule has 17 heavy (non-hydrogen) atoms. The molecule has 1 aromatic carbocycles. The maximum absolute atomic E-state index is 6.11. The first-order valence-electron chi connectivity index (χ1n) is 5.26. The van der Waals surface area contributed by atoms with Crippen LogP contribution in [0, 0.1) is 0 Å². The molecule has 5 heteroatoms. The third kappa shape index (κ3) is 3.00. The van der Waals surface area contributed by atoms with Gasteiger partial charge in [-0.1, -0.05) is 29.8 Å². The highest BCUT2D eigenvalue weighted by molar-refractivity contribution is 6.31. The molecule has 1 unspecified atom stereocenters. The molecule has 2 rings (SSSR count). The molecule has 0 amide bonds. The summed E-state index contributed by atoms with van der Waals surface area (Å²) in [5.41, 5.74) is 4.63. The van der Waals surface area contributed by atoms with Crippen LogP contribution < -0.4 is 11.3 Å². The van der Waals surface area contributed by atoms with Crippen molar-refractivity contribution in [1.82, 2.24) is 15.4 Å². The lowest BCUT2D eigenvalue weighted by Crippen LogP contribution is -2.30. The summed E-state index contributed by atoms with van der Waals surface area (Å²) in [4.78, 5) is 8.06. The van der Waals surface area contributed by atoms with Crippen molar-refractivity contribution >= 4 is 11.6 Å². The van der Waals surface area contributed by atoms with Crippen LogP contribution in [0.2, 0.25) is 5.02 Å². The van der Waals surface area contributed by atoms with Crippen molar-refractivity contribution in [3.63, 3.8) is 0 Å². The van der Waals surface area contributed by atoms with Crippen LogP contribution in [0.1, 0.15) is 17.3 Å². The minimum absolute atomic E-state index is 0.0714. The van der Waals surface area contributed by atoms with Crippen LogP contribution in [0.4, 0.5) is 0 Å². The molecule has 0 saturated heterocycles. The van der Waals surface area contributed by atoms with E-state index in [9.17, 15) is 0 Å². The molecule has 1 aromatic heterocycles. The first-order valence-corrected chi connectivity index (χ1v) is 5.64. The summed E-state index contributed by atoms with van der Waals surface area (Å²) in [7, 11) is 0. The third-order valence-corrected chi connectivity index (χ3v) is 2.91. The van der Waals surface area contributed by atoms with Gasteiger partial charge in [0.05, 0.1) is 11.7 Å². The molecule has 1 heterocycles. The van der Waals surface area contributed by atoms with E-state index in [0.29, 0.717) is 6.42 Å². The van der Waals surface area contributed by atoms with E-state index >= 15 is 0 Å². The summed E-state index contributed by atoms with van der Waals surface area (Å²) >= 11 is 6.11. The maximum Gasteiger partial charge on any atom is 0.115 e. The fourth-order valence-electron chi connectivity index (χ4n) is 1.64. The fourth-order valence-corrected chi connectivity index (χ4v) is 1.85. The van der Waals surface area contributed by atoms with Gasteiger partial charge in [0.15, 0.2) is 0 Å². The minimum Gasteiger partial charge on any atom is -0.271 e. The number of hydrogen-bond acceptors (Lipinski definition) is 4. The molecule has 4 nitrogen and oxygen atoms in total. The number of nitrogens with two attached hydrogens (primary N) is 1. The summed E-state index contributed by atoms with van der Waals surface area (Å²) in [6.45, 7) is 0. The molecule has 0 saturated carbocycles. The summed E-state index contributed by atoms with van der Waals surface area (Å²) in [6.07, 6.45) is 3.89. The van der Waals surface area contributed by atoms with Gasteiger partial charge in [0.25, 0.3) is 0 Å². The number of nitrogens with one attached hydrogen (secondary N) is 1. The Morgan fingerprint density at radius 2 is 2.12 bits per heavy atom. The van der Waals surface area contributed by atoms with Gasteiger partial charge in [-0.15, -0.1) is 0 Å². The number of rotatable bonds is 4. The van der Waals surface area contributed by atoms with Gasteiger partial charge in [-0.25, -0.2) is 9.97 Å². The summed E-state index contributed by atoms with van der Waals surface area (Å²) in [6, 6.07) is 9.47. The Balaban J connectivity index is 2.19. The number of hydrazine groups is 1. The van der Waals surface area contributed by atoms with E-state index < -0.39 is 0 Å². The molecule has 0 bridgehead atoms. The lowest BCUT2D eigenvalue weighted by molar-refractivity contribution is 0.537. The van der Waals surface area contributed by atoms with Gasteiger partial charge in [-0.3, -0.25) is 11.3 Å². The van der Waals surface area contributed by atoms with Crippen molar-refractivity contribution in [3.05, 3.63) is 59.1 Å². The standard InChI is InChI=1S/C12H13ClN4/c13-10-4-2-1-3-9(10)7-12(17-14)11-5-6-15-8-16-11/h1-6,8,12,17H,7,14H2. The van der Waals surface area contributed by atoms with Crippen molar-refractivity contribution in [3.8, 4) is 0 Å². The molecule has 1 atom stereocenters. The molecule has 0 aliphatic rings. The van der Waals surface area contributed by atoms with Gasteiger partial charge < -0.3 is 0 Å². The molecule has 0 fully saturated rings. The first kappa shape index (κ1) is 12.0. The SMILES string of the molecule is NNC(Cc1ccccc1Cl)c1ccncn1. The van der Waals surface area contributed by atoms with Gasteiger partial charge >= 0.3 is 0 Å². The maximum atomic E-state index is 6.11. The second-order valence-electron chi connectivity index (χ2n) is 3.65. The van der Waals surface area contributed by atoms with Crippen molar-refractivity contribution in [2.75, 3.05) is 0 Å². The zero-order valence-corrected chi connectivity index (χ0v) is 9.93. The van der Waals surface area contributed by atoms with Crippen LogP contribution in [0.25, 0.3) is 0 Å². The lowest BCUT2D eigenvalue weighted by atomic mass is 10.0. The number of hydrogen-bond donors (Lipinski definition) is 2. The average Bonchev–Trinajstić information content (AvgIpc) is 2.39. The van der Waals surface area contributed by atoms with Crippen molar-refractivity contribution in [1.29, 1.82) is 0 Å². The van der Waals surface area contributed by atoms with Gasteiger partial charge in [0.2, 0.25) is 0 Å². The zero-order chi connectivity index (χ0) is 12.1. The minimum atomic E-state index is -0.0714. The Kier molecular flexibility index (Phi) is 4.03. The van der Waals surface area contributed by atoms with E-state index in [1.165, 1.54) is 6.33 Å². The molecule has 2 aromatic rings. The molecule has 0 spiro atoms. The van der Waals surface area contributed by atoms with Crippen LogP contribution in [-0.2, 0) is 6.42 Å². The van der Waals surface area contributed by atoms with Gasteiger partial charge in [-0.2, -0.15) is 0 Å². The summed E-state index contributed by atoms with van der Waals surface area (Å²) in [5, 5.41) is 0.738. The molecule has 0 aliphatic carbocycles. The predicted molar refractivity (Wildman–Crippen MR) is 67.3 cm³/mol. The Bertz CT molecular complexity index is 475. The molecule has 88 valence electrons. The number of benzene rings is 1. The Morgan fingerprint density at radius 3 is 2.76 bits per heavy atom. The average molecular weight is 249 g/mol. The third-order valence-electron chi connectivity index (χ3n) is 2.54. The monoisotopic (exact) mass is 248 g/mol. The van der Waals surface area contributed by atoms with Crippen LogP contribution in [0.15, 0.2) is 42.9 Å². The lowest BCUT2D eigenvalue weighted by Gasteiger charge is -2.15. The fraction of sp³-hybridized carbons (Fsp3) is 0.167. The Hall–Kier alpha value is -1.49. The van der Waals surface area contributed by atoms with E-state index in [4.69, 9.17) is 17.4 Å². The van der Waals surface area contributed by atoms with Gasteiger partial charge in [-0.05, 0) is 24.1 Å². The van der Waals surface area contributed by atoms with E-state index in [1.807, 2.05) is 30.3 Å². The highest BCUT2D eigenvalue weighted by Gasteiger charge is 2.13. The van der Waals surface area contributed by atoms with E-state index in [-0.39, 0.29) is 6.04 Å². The zero-order valence-electron chi connectivity index (χ0n) is 9.18. The molecule has 0 aliphatic heterocycles. The first-order chi connectivity index (χ1) is 8.31. The number of halogens is 1. The summed E-state index contributed by atoms with van der Waals surface area (Å²) < 4.78 is 0. The van der Waals surface area contributed by atoms with Crippen LogP contribution in [-0.4, -0.2) is 9.97 Å². The quantitative estimate of drug-likeness (QED) is 0.641. The van der Waals surface area contributed by atoms with E-state index in [1.54, 1.807) is 6.20 Å². The normalized spacial score (nSPS) is 12.4. The predicted octanol–water partition coefficient (Wildman–Crippen LogP) is 1.88. The second-order valence-corrected chi connectivity index (χ2v) is 4.06. The van der Waals surface area contributed by atoms with Gasteiger partial charge in [0.1, 0.15) is 6.33 Å². The van der Waals surface area contributed by atoms with Crippen LogP contribution in [0.3, 0.4) is 0 Å². The second kappa shape index (κ2) is 5.72. The highest BCUT2D eigenvalue weighted by atomic mass is 35.5. The molecule has 0 radical (unpaired) electrons. The molecular formula is C12H13ClN4. The topological polar surface area (TPSA) is 63.8 Å². The van der Waals surface area contributed by atoms with Gasteiger partial charge in [0, 0.05) is 11.2 Å². The van der Waals surface area contributed by atoms with Crippen LogP contribution >= 0.6 is 11.6 Å². The highest BCUT2D eigenvalue weighted by Crippen LogP contribution is 2.21. The molecule has 3 N–H and O–H groups in total. The van der Waals surface area contributed by atoms with Crippen molar-refractivity contribution < 1.29 is 0 Å². The van der Waals surface area contributed by atoms with E-state index in [2.05, 4.69) is 15.4 Å². The number of nitrogens with zero attached hydrogens (tertiary/aromatic N) is 2. The Morgan fingerprint density at radius 1 is 1.29 bits per heavy atom. The van der Waals surface area contributed by atoms with Crippen molar-refractivity contribution in [2.24, 2.45) is 5.84 Å². The smallest absolute Gasteiger partial charge is 0.115 e. The largest absolute Gasteiger partial charge is 0.271 e.